The number of ketones is 1. The number of carbonyl (C=O) groups excluding carboxylic acids is 1. The van der Waals surface area contributed by atoms with Crippen molar-refractivity contribution in [2.24, 2.45) is 0 Å². The Morgan fingerprint density at radius 2 is 1.52 bits per heavy atom. The van der Waals surface area contributed by atoms with E-state index in [0.29, 0.717) is 6.42 Å². The minimum absolute atomic E-state index is 0.375. The molecule has 1 unspecified atom stereocenters. The first-order valence-electron chi connectivity index (χ1n) is 7.34. The van der Waals surface area contributed by atoms with Gasteiger partial charge in [0.15, 0.2) is 0 Å². The van der Waals surface area contributed by atoms with Crippen LogP contribution in [0, 0.1) is 0 Å². The minimum Gasteiger partial charge on any atom is -0.300 e. The molecule has 2 rings (SSSR count). The summed E-state index contributed by atoms with van der Waals surface area (Å²) in [6.45, 7) is 1.25. The lowest BCUT2D eigenvalue weighted by molar-refractivity contribution is -0.173. The molecule has 0 saturated carbocycles. The van der Waals surface area contributed by atoms with Gasteiger partial charge in [-0.3, -0.25) is 4.79 Å². The van der Waals surface area contributed by atoms with Gasteiger partial charge in [-0.15, -0.1) is 0 Å². The molecule has 0 aliphatic rings. The lowest BCUT2D eigenvalue weighted by atomic mass is 9.97. The number of nitrogens with one attached hydrogen (secondary N) is 1. The van der Waals surface area contributed by atoms with Crippen LogP contribution in [0.15, 0.2) is 60.7 Å². The highest BCUT2D eigenvalue weighted by atomic mass is 19.4. The monoisotopic (exact) mass is 321 g/mol. The number of alkyl halides is 3. The molecule has 0 saturated heterocycles. The van der Waals surface area contributed by atoms with E-state index in [0.717, 1.165) is 11.1 Å². The lowest BCUT2D eigenvalue weighted by Crippen LogP contribution is -2.44. The molecule has 0 radical (unpaired) electrons. The fraction of sp³-hybridized carbons (Fsp3) is 0.278. The van der Waals surface area contributed by atoms with Crippen molar-refractivity contribution in [3.05, 3.63) is 71.8 Å². The number of hydrogen-bond acceptors (Lipinski definition) is 2. The van der Waals surface area contributed by atoms with Crippen LogP contribution in [0.2, 0.25) is 0 Å². The van der Waals surface area contributed by atoms with Crippen molar-refractivity contribution in [3.63, 3.8) is 0 Å². The van der Waals surface area contributed by atoms with Gasteiger partial charge >= 0.3 is 6.18 Å². The van der Waals surface area contributed by atoms with Gasteiger partial charge in [0.1, 0.15) is 0 Å². The average molecular weight is 321 g/mol. The van der Waals surface area contributed by atoms with E-state index >= 15 is 0 Å². The fourth-order valence-corrected chi connectivity index (χ4v) is 2.43. The van der Waals surface area contributed by atoms with E-state index < -0.39 is 18.0 Å². The molecule has 0 aromatic heterocycles. The van der Waals surface area contributed by atoms with E-state index in [1.54, 1.807) is 0 Å². The van der Waals surface area contributed by atoms with Gasteiger partial charge in [0, 0.05) is 6.04 Å². The van der Waals surface area contributed by atoms with Crippen LogP contribution in [-0.4, -0.2) is 18.0 Å². The van der Waals surface area contributed by atoms with E-state index in [1.165, 1.54) is 6.92 Å². The molecule has 2 nitrogen and oxygen atoms in total. The highest BCUT2D eigenvalue weighted by Gasteiger charge is 2.42. The van der Waals surface area contributed by atoms with Crippen molar-refractivity contribution in [2.75, 3.05) is 0 Å². The first-order chi connectivity index (χ1) is 10.9. The van der Waals surface area contributed by atoms with Gasteiger partial charge in [-0.2, -0.15) is 13.2 Å². The topological polar surface area (TPSA) is 29.1 Å². The summed E-state index contributed by atoms with van der Waals surface area (Å²) < 4.78 is 37.8. The van der Waals surface area contributed by atoms with Gasteiger partial charge in [-0.1, -0.05) is 60.7 Å². The zero-order valence-electron chi connectivity index (χ0n) is 12.7. The van der Waals surface area contributed by atoms with Crippen molar-refractivity contribution >= 4 is 5.78 Å². The maximum atomic E-state index is 12.6. The number of Topliss-reactive ketones (excluding diaryl/α,β-unsaturated/α-hetero) is 1. The maximum absolute atomic E-state index is 12.6. The summed E-state index contributed by atoms with van der Waals surface area (Å²) in [5.41, 5.74) is 1.83. The largest absolute Gasteiger partial charge is 0.451 e. The van der Waals surface area contributed by atoms with Gasteiger partial charge in [0.05, 0.1) is 6.04 Å². The molecule has 2 aromatic carbocycles. The summed E-state index contributed by atoms with van der Waals surface area (Å²) in [7, 11) is 0. The van der Waals surface area contributed by atoms with Crippen molar-refractivity contribution in [3.8, 4) is 0 Å². The number of rotatable bonds is 6. The summed E-state index contributed by atoms with van der Waals surface area (Å²) in [5.74, 6) is -1.76. The third-order valence-corrected chi connectivity index (χ3v) is 3.61. The quantitative estimate of drug-likeness (QED) is 0.868. The Hall–Kier alpha value is -2.14. The van der Waals surface area contributed by atoms with E-state index in [2.05, 4.69) is 5.32 Å². The molecule has 1 N–H and O–H groups in total. The predicted octanol–water partition coefficient (Wildman–Crippen LogP) is 4.08. The van der Waals surface area contributed by atoms with Crippen LogP contribution in [0.25, 0.3) is 0 Å². The summed E-state index contributed by atoms with van der Waals surface area (Å²) in [6.07, 6.45) is -4.33. The van der Waals surface area contributed by atoms with E-state index in [1.807, 2.05) is 60.7 Å². The third-order valence-electron chi connectivity index (χ3n) is 3.61. The standard InChI is InChI=1S/C18H18F3NO/c1-13(17(23)18(19,20)21)22-16(15-10-6-3-7-11-15)12-14-8-4-2-5-9-14/h2-11,13,16,22H,12H2,1H3/t13-,16?/m1/s1. The Balaban J connectivity index is 2.19. The fourth-order valence-electron chi connectivity index (χ4n) is 2.43. The third kappa shape index (κ3) is 4.93. The van der Waals surface area contributed by atoms with Gasteiger partial charge in [-0.25, -0.2) is 0 Å². The van der Waals surface area contributed by atoms with E-state index in [4.69, 9.17) is 0 Å². The molecular weight excluding hydrogens is 303 g/mol. The molecule has 0 aliphatic carbocycles. The van der Waals surface area contributed by atoms with Gasteiger partial charge in [0.25, 0.3) is 5.78 Å². The Kier molecular flexibility index (Phi) is 5.55. The zero-order chi connectivity index (χ0) is 16.9. The molecule has 0 bridgehead atoms. The number of halogens is 3. The smallest absolute Gasteiger partial charge is 0.300 e. The zero-order valence-corrected chi connectivity index (χ0v) is 12.7. The molecule has 23 heavy (non-hydrogen) atoms. The normalized spacial score (nSPS) is 14.3. The van der Waals surface area contributed by atoms with Crippen molar-refractivity contribution in [1.82, 2.24) is 5.32 Å². The van der Waals surface area contributed by atoms with E-state index in [9.17, 15) is 18.0 Å². The molecule has 0 heterocycles. The Bertz CT molecular complexity index is 626. The summed E-state index contributed by atoms with van der Waals surface area (Å²) in [5, 5.41) is 2.82. The second-order valence-electron chi connectivity index (χ2n) is 5.40. The maximum Gasteiger partial charge on any atom is 0.451 e. The van der Waals surface area contributed by atoms with Crippen LogP contribution in [0.4, 0.5) is 13.2 Å². The minimum atomic E-state index is -4.83. The molecule has 2 aromatic rings. The molecule has 122 valence electrons. The average Bonchev–Trinajstić information content (AvgIpc) is 2.54. The van der Waals surface area contributed by atoms with Crippen LogP contribution in [-0.2, 0) is 11.2 Å². The molecule has 0 spiro atoms. The second kappa shape index (κ2) is 7.42. The van der Waals surface area contributed by atoms with Crippen molar-refractivity contribution in [1.29, 1.82) is 0 Å². The van der Waals surface area contributed by atoms with Gasteiger partial charge < -0.3 is 5.32 Å². The molecule has 0 amide bonds. The van der Waals surface area contributed by atoms with Crippen molar-refractivity contribution < 1.29 is 18.0 Å². The molecular formula is C18H18F3NO. The molecule has 5 heteroatoms. The van der Waals surface area contributed by atoms with Crippen LogP contribution < -0.4 is 5.32 Å². The molecule has 2 atom stereocenters. The summed E-state index contributed by atoms with van der Waals surface area (Å²) in [6, 6.07) is 16.9. The summed E-state index contributed by atoms with van der Waals surface area (Å²) >= 11 is 0. The van der Waals surface area contributed by atoms with Crippen molar-refractivity contribution in [2.45, 2.75) is 31.6 Å². The van der Waals surface area contributed by atoms with Crippen LogP contribution in [0.1, 0.15) is 24.1 Å². The highest BCUT2D eigenvalue weighted by Crippen LogP contribution is 2.22. The van der Waals surface area contributed by atoms with Crippen LogP contribution in [0.5, 0.6) is 0 Å². The summed E-state index contributed by atoms with van der Waals surface area (Å²) in [4.78, 5) is 11.4. The number of carbonyl (C=O) groups is 1. The Morgan fingerprint density at radius 3 is 2.04 bits per heavy atom. The second-order valence-corrected chi connectivity index (χ2v) is 5.40. The Labute approximate surface area is 133 Å². The lowest BCUT2D eigenvalue weighted by Gasteiger charge is -2.24. The van der Waals surface area contributed by atoms with Crippen LogP contribution in [0.3, 0.4) is 0 Å². The SMILES string of the molecule is C[C@@H](NC(Cc1ccccc1)c1ccccc1)C(=O)C(F)(F)F. The first-order valence-corrected chi connectivity index (χ1v) is 7.34. The number of hydrogen-bond donors (Lipinski definition) is 1. The van der Waals surface area contributed by atoms with E-state index in [-0.39, 0.29) is 6.04 Å². The van der Waals surface area contributed by atoms with Crippen LogP contribution >= 0.6 is 0 Å². The first kappa shape index (κ1) is 17.2. The molecule has 0 aliphatic heterocycles. The number of benzene rings is 2. The highest BCUT2D eigenvalue weighted by molar-refractivity contribution is 5.88. The van der Waals surface area contributed by atoms with Gasteiger partial charge in [-0.05, 0) is 24.5 Å². The molecule has 0 fully saturated rings. The van der Waals surface area contributed by atoms with Gasteiger partial charge in [0.2, 0.25) is 0 Å². The predicted molar refractivity (Wildman–Crippen MR) is 83.0 cm³/mol. The Morgan fingerprint density at radius 1 is 1.00 bits per heavy atom.